The van der Waals surface area contributed by atoms with Crippen LogP contribution in [0, 0.1) is 5.92 Å². The third kappa shape index (κ3) is 4.69. The van der Waals surface area contributed by atoms with E-state index in [9.17, 15) is 4.79 Å². The smallest absolute Gasteiger partial charge is 0.326 e. The molecule has 0 amide bonds. The van der Waals surface area contributed by atoms with Gasteiger partial charge in [-0.05, 0) is 51.1 Å². The van der Waals surface area contributed by atoms with E-state index >= 15 is 0 Å². The molecule has 0 aromatic carbocycles. The van der Waals surface area contributed by atoms with Gasteiger partial charge in [0.15, 0.2) is 0 Å². The van der Waals surface area contributed by atoms with Crippen LogP contribution >= 0.6 is 0 Å². The average molecular weight is 282 g/mol. The van der Waals surface area contributed by atoms with Crippen molar-refractivity contribution < 1.29 is 9.53 Å². The summed E-state index contributed by atoms with van der Waals surface area (Å²) >= 11 is 0. The van der Waals surface area contributed by atoms with E-state index in [2.05, 4.69) is 15.3 Å². The summed E-state index contributed by atoms with van der Waals surface area (Å²) in [6.07, 6.45) is 6.48. The number of rotatable bonds is 8. The quantitative estimate of drug-likeness (QED) is 0.244. The molecule has 1 aliphatic carbocycles. The number of azide groups is 1. The number of carbonyl (C=O) groups is 1. The normalized spacial score (nSPS) is 18.9. The fraction of sp³-hybridized carbons (Fsp3) is 0.929. The molecule has 0 bridgehead atoms. The van der Waals surface area contributed by atoms with Gasteiger partial charge < -0.3 is 10.1 Å². The zero-order chi connectivity index (χ0) is 14.8. The number of esters is 1. The number of nitrogens with one attached hydrogen (secondary N) is 1. The molecule has 1 aliphatic rings. The third-order valence-corrected chi connectivity index (χ3v) is 4.11. The van der Waals surface area contributed by atoms with Crippen LogP contribution in [0.5, 0.6) is 0 Å². The summed E-state index contributed by atoms with van der Waals surface area (Å²) in [5, 5.41) is 6.86. The van der Waals surface area contributed by atoms with Crippen molar-refractivity contribution in [2.45, 2.75) is 57.9 Å². The van der Waals surface area contributed by atoms with Crippen molar-refractivity contribution in [2.24, 2.45) is 11.0 Å². The zero-order valence-corrected chi connectivity index (χ0v) is 12.6. The van der Waals surface area contributed by atoms with Gasteiger partial charge in [-0.3, -0.25) is 4.79 Å². The fourth-order valence-corrected chi connectivity index (χ4v) is 2.89. The number of hydrogen-bond donors (Lipinski definition) is 1. The van der Waals surface area contributed by atoms with Gasteiger partial charge in [0.25, 0.3) is 0 Å². The van der Waals surface area contributed by atoms with Crippen LogP contribution in [0.2, 0.25) is 0 Å². The Labute approximate surface area is 120 Å². The van der Waals surface area contributed by atoms with E-state index in [0.29, 0.717) is 25.6 Å². The Balaban J connectivity index is 2.62. The van der Waals surface area contributed by atoms with Crippen LogP contribution in [0.3, 0.4) is 0 Å². The topological polar surface area (TPSA) is 87.1 Å². The van der Waals surface area contributed by atoms with Crippen LogP contribution < -0.4 is 5.32 Å². The zero-order valence-electron chi connectivity index (χ0n) is 12.6. The van der Waals surface area contributed by atoms with Gasteiger partial charge in [-0.1, -0.05) is 24.4 Å². The van der Waals surface area contributed by atoms with E-state index in [1.807, 2.05) is 13.8 Å². The van der Waals surface area contributed by atoms with Gasteiger partial charge in [0.05, 0.1) is 6.61 Å². The second kappa shape index (κ2) is 8.82. The van der Waals surface area contributed by atoms with Crippen LogP contribution in [0.4, 0.5) is 0 Å². The minimum Gasteiger partial charge on any atom is -0.465 e. The summed E-state index contributed by atoms with van der Waals surface area (Å²) in [6.45, 7) is 5.30. The molecular formula is C14H26N4O2. The Hall–Kier alpha value is -1.26. The van der Waals surface area contributed by atoms with Crippen molar-refractivity contribution in [3.63, 3.8) is 0 Å². The molecule has 114 valence electrons. The van der Waals surface area contributed by atoms with Gasteiger partial charge in [-0.2, -0.15) is 0 Å². The van der Waals surface area contributed by atoms with E-state index in [4.69, 9.17) is 10.3 Å². The monoisotopic (exact) mass is 282 g/mol. The number of carbonyl (C=O) groups excluding carboxylic acids is 1. The molecule has 20 heavy (non-hydrogen) atoms. The van der Waals surface area contributed by atoms with E-state index in [1.54, 1.807) is 0 Å². The van der Waals surface area contributed by atoms with Crippen LogP contribution in [0.15, 0.2) is 5.11 Å². The molecule has 1 fully saturated rings. The van der Waals surface area contributed by atoms with Crippen molar-refractivity contribution in [1.82, 2.24) is 5.32 Å². The summed E-state index contributed by atoms with van der Waals surface area (Å²) in [5.41, 5.74) is 7.63. The standard InChI is InChI=1S/C14H26N4O2/c1-3-20-13(19)14(2,12-8-5-4-6-9-12)16-10-7-11-17-18-15/h12,16H,3-11H2,1-2H3. The molecular weight excluding hydrogens is 256 g/mol. The molecule has 1 atom stereocenters. The molecule has 0 aromatic heterocycles. The number of nitrogens with zero attached hydrogens (tertiary/aromatic N) is 3. The Morgan fingerprint density at radius 2 is 2.15 bits per heavy atom. The van der Waals surface area contributed by atoms with Crippen molar-refractivity contribution >= 4 is 5.97 Å². The molecule has 6 nitrogen and oxygen atoms in total. The summed E-state index contributed by atoms with van der Waals surface area (Å²) in [7, 11) is 0. The molecule has 1 unspecified atom stereocenters. The lowest BCUT2D eigenvalue weighted by Gasteiger charge is -2.38. The predicted octanol–water partition coefficient (Wildman–Crippen LogP) is 3.18. The lowest BCUT2D eigenvalue weighted by Crippen LogP contribution is -2.56. The number of hydrogen-bond acceptors (Lipinski definition) is 4. The van der Waals surface area contributed by atoms with Crippen molar-refractivity contribution in [3.05, 3.63) is 10.4 Å². The lowest BCUT2D eigenvalue weighted by atomic mass is 9.75. The summed E-state index contributed by atoms with van der Waals surface area (Å²) in [6, 6.07) is 0. The van der Waals surface area contributed by atoms with Crippen molar-refractivity contribution in [1.29, 1.82) is 0 Å². The van der Waals surface area contributed by atoms with E-state index in [-0.39, 0.29) is 5.97 Å². The summed E-state index contributed by atoms with van der Waals surface area (Å²) in [4.78, 5) is 15.0. The first-order chi connectivity index (χ1) is 9.65. The molecule has 0 saturated heterocycles. The fourth-order valence-electron chi connectivity index (χ4n) is 2.89. The first-order valence-electron chi connectivity index (χ1n) is 7.58. The van der Waals surface area contributed by atoms with Crippen LogP contribution in [-0.4, -0.2) is 31.2 Å². The van der Waals surface area contributed by atoms with Gasteiger partial charge in [-0.15, -0.1) is 0 Å². The molecule has 0 heterocycles. The number of ether oxygens (including phenoxy) is 1. The highest BCUT2D eigenvalue weighted by molar-refractivity contribution is 5.80. The molecule has 1 rings (SSSR count). The highest BCUT2D eigenvalue weighted by Gasteiger charge is 2.42. The van der Waals surface area contributed by atoms with E-state index in [1.165, 1.54) is 19.3 Å². The molecule has 1 saturated carbocycles. The largest absolute Gasteiger partial charge is 0.465 e. The average Bonchev–Trinajstić information content (AvgIpc) is 2.48. The first kappa shape index (κ1) is 16.8. The minimum absolute atomic E-state index is 0.157. The van der Waals surface area contributed by atoms with Crippen LogP contribution in [0.25, 0.3) is 10.4 Å². The summed E-state index contributed by atoms with van der Waals surface area (Å²) < 4.78 is 5.26. The van der Waals surface area contributed by atoms with Crippen molar-refractivity contribution in [2.75, 3.05) is 19.7 Å². The van der Waals surface area contributed by atoms with E-state index in [0.717, 1.165) is 19.3 Å². The highest BCUT2D eigenvalue weighted by atomic mass is 16.5. The van der Waals surface area contributed by atoms with Crippen molar-refractivity contribution in [3.8, 4) is 0 Å². The minimum atomic E-state index is -0.618. The van der Waals surface area contributed by atoms with Gasteiger partial charge in [0, 0.05) is 11.5 Å². The Morgan fingerprint density at radius 3 is 2.75 bits per heavy atom. The molecule has 0 aromatic rings. The van der Waals surface area contributed by atoms with E-state index < -0.39 is 5.54 Å². The molecule has 0 radical (unpaired) electrons. The Kier molecular flexibility index (Phi) is 7.41. The second-order valence-corrected chi connectivity index (χ2v) is 5.49. The maximum atomic E-state index is 12.3. The lowest BCUT2D eigenvalue weighted by molar-refractivity contribution is -0.153. The molecule has 6 heteroatoms. The molecule has 0 spiro atoms. The second-order valence-electron chi connectivity index (χ2n) is 5.49. The SMILES string of the molecule is CCOC(=O)C(C)(NCCCN=[N+]=[N-])C1CCCCC1. The molecule has 0 aliphatic heterocycles. The maximum Gasteiger partial charge on any atom is 0.326 e. The van der Waals surface area contributed by atoms with Gasteiger partial charge in [0.1, 0.15) is 5.54 Å². The summed E-state index contributed by atoms with van der Waals surface area (Å²) in [5.74, 6) is 0.172. The van der Waals surface area contributed by atoms with Gasteiger partial charge in [-0.25, -0.2) is 0 Å². The van der Waals surface area contributed by atoms with Crippen LogP contribution in [-0.2, 0) is 9.53 Å². The van der Waals surface area contributed by atoms with Crippen LogP contribution in [0.1, 0.15) is 52.4 Å². The highest BCUT2D eigenvalue weighted by Crippen LogP contribution is 2.33. The predicted molar refractivity (Wildman–Crippen MR) is 78.2 cm³/mol. The Morgan fingerprint density at radius 1 is 1.45 bits per heavy atom. The van der Waals surface area contributed by atoms with Gasteiger partial charge in [0.2, 0.25) is 0 Å². The molecule has 1 N–H and O–H groups in total. The Bertz CT molecular complexity index is 349. The third-order valence-electron chi connectivity index (χ3n) is 4.11. The first-order valence-corrected chi connectivity index (χ1v) is 7.58. The maximum absolute atomic E-state index is 12.3. The van der Waals surface area contributed by atoms with Gasteiger partial charge >= 0.3 is 5.97 Å².